The lowest BCUT2D eigenvalue weighted by Gasteiger charge is -2.18. The normalized spacial score (nSPS) is 17.8. The first kappa shape index (κ1) is 11.6. The Morgan fingerprint density at radius 3 is 2.94 bits per heavy atom. The molecule has 1 fully saturated rings. The Kier molecular flexibility index (Phi) is 4.40. The van der Waals surface area contributed by atoms with Crippen molar-refractivity contribution in [3.63, 3.8) is 0 Å². The lowest BCUT2D eigenvalue weighted by atomic mass is 9.88. The fraction of sp³-hybridized carbons (Fsp3) is 0.769. The standard InChI is InChI=1S/C13H22N2O/c1-2-8-14-10-13-15-9-12(16-13)11-6-4-3-5-7-11/h9,11,14H,2-8,10H2,1H3. The number of hydrogen-bond donors (Lipinski definition) is 1. The van der Waals surface area contributed by atoms with Gasteiger partial charge in [-0.05, 0) is 25.8 Å². The van der Waals surface area contributed by atoms with Crippen LogP contribution >= 0.6 is 0 Å². The van der Waals surface area contributed by atoms with E-state index in [9.17, 15) is 0 Å². The van der Waals surface area contributed by atoms with Gasteiger partial charge in [-0.15, -0.1) is 0 Å². The van der Waals surface area contributed by atoms with E-state index >= 15 is 0 Å². The molecule has 0 aliphatic heterocycles. The fourth-order valence-electron chi connectivity index (χ4n) is 2.35. The number of rotatable bonds is 5. The summed E-state index contributed by atoms with van der Waals surface area (Å²) in [4.78, 5) is 4.33. The highest BCUT2D eigenvalue weighted by Crippen LogP contribution is 2.32. The van der Waals surface area contributed by atoms with Gasteiger partial charge in [-0.2, -0.15) is 0 Å². The minimum atomic E-state index is 0.626. The quantitative estimate of drug-likeness (QED) is 0.777. The smallest absolute Gasteiger partial charge is 0.208 e. The molecule has 1 saturated carbocycles. The summed E-state index contributed by atoms with van der Waals surface area (Å²) < 4.78 is 5.80. The molecule has 90 valence electrons. The zero-order chi connectivity index (χ0) is 11.2. The molecule has 0 amide bonds. The average molecular weight is 222 g/mol. The molecule has 16 heavy (non-hydrogen) atoms. The molecule has 0 bridgehead atoms. The van der Waals surface area contributed by atoms with Crippen LogP contribution in [-0.2, 0) is 6.54 Å². The summed E-state index contributed by atoms with van der Waals surface area (Å²) >= 11 is 0. The van der Waals surface area contributed by atoms with Gasteiger partial charge in [-0.25, -0.2) is 4.98 Å². The second kappa shape index (κ2) is 6.04. The van der Waals surface area contributed by atoms with Gasteiger partial charge < -0.3 is 9.73 Å². The van der Waals surface area contributed by atoms with Gasteiger partial charge in [0, 0.05) is 5.92 Å². The molecule has 1 aliphatic carbocycles. The Morgan fingerprint density at radius 1 is 1.38 bits per heavy atom. The highest BCUT2D eigenvalue weighted by molar-refractivity contribution is 5.02. The summed E-state index contributed by atoms with van der Waals surface area (Å²) in [5, 5.41) is 3.31. The number of nitrogens with zero attached hydrogens (tertiary/aromatic N) is 1. The molecule has 3 nitrogen and oxygen atoms in total. The van der Waals surface area contributed by atoms with Crippen LogP contribution in [0.15, 0.2) is 10.6 Å². The summed E-state index contributed by atoms with van der Waals surface area (Å²) in [6.45, 7) is 3.96. The van der Waals surface area contributed by atoms with Crippen LogP contribution in [-0.4, -0.2) is 11.5 Å². The number of nitrogens with one attached hydrogen (secondary N) is 1. The van der Waals surface area contributed by atoms with Crippen LogP contribution in [0, 0.1) is 0 Å². The Balaban J connectivity index is 1.85. The van der Waals surface area contributed by atoms with Crippen LogP contribution in [0.3, 0.4) is 0 Å². The van der Waals surface area contributed by atoms with Crippen LogP contribution < -0.4 is 5.32 Å². The molecule has 0 atom stereocenters. The largest absolute Gasteiger partial charge is 0.444 e. The average Bonchev–Trinajstić information content (AvgIpc) is 2.79. The van der Waals surface area contributed by atoms with Gasteiger partial charge in [0.15, 0.2) is 0 Å². The first-order valence-electron chi connectivity index (χ1n) is 6.55. The van der Waals surface area contributed by atoms with Crippen molar-refractivity contribution >= 4 is 0 Å². The van der Waals surface area contributed by atoms with Gasteiger partial charge in [-0.3, -0.25) is 0 Å². The van der Waals surface area contributed by atoms with Crippen LogP contribution in [0.5, 0.6) is 0 Å². The van der Waals surface area contributed by atoms with Crippen LogP contribution in [0.2, 0.25) is 0 Å². The SMILES string of the molecule is CCCNCc1ncc(C2CCCCC2)o1. The third-order valence-corrected chi connectivity index (χ3v) is 3.28. The molecule has 1 aromatic heterocycles. The zero-order valence-corrected chi connectivity index (χ0v) is 10.2. The van der Waals surface area contributed by atoms with E-state index in [0.29, 0.717) is 5.92 Å². The van der Waals surface area contributed by atoms with E-state index in [1.165, 1.54) is 32.1 Å². The summed E-state index contributed by atoms with van der Waals surface area (Å²) in [5.74, 6) is 2.57. The number of oxazole rings is 1. The van der Waals surface area contributed by atoms with Gasteiger partial charge in [0.05, 0.1) is 12.7 Å². The molecule has 1 N–H and O–H groups in total. The highest BCUT2D eigenvalue weighted by Gasteiger charge is 2.19. The molecule has 1 heterocycles. The topological polar surface area (TPSA) is 38.1 Å². The second-order valence-electron chi connectivity index (χ2n) is 4.67. The van der Waals surface area contributed by atoms with Crippen molar-refractivity contribution in [2.75, 3.05) is 6.54 Å². The molecule has 0 aromatic carbocycles. The van der Waals surface area contributed by atoms with Crippen LogP contribution in [0.1, 0.15) is 63.0 Å². The van der Waals surface area contributed by atoms with Crippen molar-refractivity contribution in [1.82, 2.24) is 10.3 Å². The zero-order valence-electron chi connectivity index (χ0n) is 10.2. The number of aromatic nitrogens is 1. The first-order valence-corrected chi connectivity index (χ1v) is 6.55. The molecule has 1 aliphatic rings. The highest BCUT2D eigenvalue weighted by atomic mass is 16.4. The van der Waals surface area contributed by atoms with Gasteiger partial charge in [0.25, 0.3) is 0 Å². The minimum absolute atomic E-state index is 0.626. The van der Waals surface area contributed by atoms with E-state index in [1.807, 2.05) is 6.20 Å². The maximum Gasteiger partial charge on any atom is 0.208 e. The minimum Gasteiger partial charge on any atom is -0.444 e. The van der Waals surface area contributed by atoms with Crippen molar-refractivity contribution in [2.45, 2.75) is 57.9 Å². The lowest BCUT2D eigenvalue weighted by Crippen LogP contribution is -2.13. The van der Waals surface area contributed by atoms with Gasteiger partial charge >= 0.3 is 0 Å². The number of hydrogen-bond acceptors (Lipinski definition) is 3. The molecule has 0 saturated heterocycles. The summed E-state index contributed by atoms with van der Waals surface area (Å²) in [6, 6.07) is 0. The molecule has 0 unspecified atom stereocenters. The molecule has 0 spiro atoms. The van der Waals surface area contributed by atoms with Gasteiger partial charge in [0.1, 0.15) is 5.76 Å². The van der Waals surface area contributed by atoms with Gasteiger partial charge in [-0.1, -0.05) is 26.2 Å². The van der Waals surface area contributed by atoms with Crippen molar-refractivity contribution in [2.24, 2.45) is 0 Å². The Morgan fingerprint density at radius 2 is 2.19 bits per heavy atom. The third-order valence-electron chi connectivity index (χ3n) is 3.28. The van der Waals surface area contributed by atoms with E-state index in [4.69, 9.17) is 4.42 Å². The van der Waals surface area contributed by atoms with E-state index in [-0.39, 0.29) is 0 Å². The Labute approximate surface area is 97.6 Å². The molecular formula is C13H22N2O. The Bertz CT molecular complexity index is 303. The molecule has 0 radical (unpaired) electrons. The summed E-state index contributed by atoms with van der Waals surface area (Å²) in [7, 11) is 0. The van der Waals surface area contributed by atoms with Crippen LogP contribution in [0.25, 0.3) is 0 Å². The monoisotopic (exact) mass is 222 g/mol. The maximum absolute atomic E-state index is 5.80. The summed E-state index contributed by atoms with van der Waals surface area (Å²) in [6.07, 6.45) is 9.70. The van der Waals surface area contributed by atoms with Crippen molar-refractivity contribution < 1.29 is 4.42 Å². The van der Waals surface area contributed by atoms with Crippen molar-refractivity contribution in [3.8, 4) is 0 Å². The van der Waals surface area contributed by atoms with Crippen LogP contribution in [0.4, 0.5) is 0 Å². The first-order chi connectivity index (χ1) is 7.90. The Hall–Kier alpha value is -0.830. The van der Waals surface area contributed by atoms with E-state index in [0.717, 1.165) is 31.2 Å². The lowest BCUT2D eigenvalue weighted by molar-refractivity contribution is 0.355. The predicted molar refractivity (Wildman–Crippen MR) is 64.3 cm³/mol. The fourth-order valence-corrected chi connectivity index (χ4v) is 2.35. The summed E-state index contributed by atoms with van der Waals surface area (Å²) in [5.41, 5.74) is 0. The van der Waals surface area contributed by atoms with E-state index < -0.39 is 0 Å². The van der Waals surface area contributed by atoms with Gasteiger partial charge in [0.2, 0.25) is 5.89 Å². The maximum atomic E-state index is 5.80. The van der Waals surface area contributed by atoms with E-state index in [2.05, 4.69) is 17.2 Å². The third kappa shape index (κ3) is 3.08. The second-order valence-corrected chi connectivity index (χ2v) is 4.67. The molecule has 2 rings (SSSR count). The van der Waals surface area contributed by atoms with Crippen molar-refractivity contribution in [1.29, 1.82) is 0 Å². The van der Waals surface area contributed by atoms with E-state index in [1.54, 1.807) is 0 Å². The molecule has 1 aromatic rings. The molecule has 3 heteroatoms. The molecular weight excluding hydrogens is 200 g/mol. The predicted octanol–water partition coefficient (Wildman–Crippen LogP) is 3.22. The van der Waals surface area contributed by atoms with Crippen molar-refractivity contribution in [3.05, 3.63) is 17.8 Å².